The molecule has 0 bridgehead atoms. The molecule has 1 N–H and O–H groups in total. The van der Waals surface area contributed by atoms with E-state index >= 15 is 0 Å². The van der Waals surface area contributed by atoms with Crippen molar-refractivity contribution < 1.29 is 14.1 Å². The quantitative estimate of drug-likeness (QED) is 0.590. The molecule has 0 aliphatic heterocycles. The first kappa shape index (κ1) is 8.12. The molecule has 0 saturated carbocycles. The van der Waals surface area contributed by atoms with Gasteiger partial charge in [-0.2, -0.15) is 0 Å². The van der Waals surface area contributed by atoms with Crippen LogP contribution in [0.5, 0.6) is 0 Å². The van der Waals surface area contributed by atoms with Crippen LogP contribution in [0.3, 0.4) is 0 Å². The van der Waals surface area contributed by atoms with Gasteiger partial charge < -0.3 is 9.67 Å². The second-order valence-electron chi connectivity index (χ2n) is 1.68. The summed E-state index contributed by atoms with van der Waals surface area (Å²) in [6.45, 7) is 1.39. The van der Waals surface area contributed by atoms with Gasteiger partial charge in [0.25, 0.3) is 0 Å². The minimum absolute atomic E-state index is 0.179. The molecule has 0 radical (unpaired) electrons. The molecule has 0 aromatic rings. The summed E-state index contributed by atoms with van der Waals surface area (Å²) in [7, 11) is -2.12. The Bertz CT molecular complexity index is 86.1. The monoisotopic (exact) mass is 140 g/mol. The molecular weight excluding hydrogens is 130 g/mol. The number of alkyl halides is 1. The Morgan fingerprint density at radius 2 is 2.38 bits per heavy atom. The van der Waals surface area contributed by atoms with E-state index in [2.05, 4.69) is 0 Å². The fourth-order valence-corrected chi connectivity index (χ4v) is 0.701. The maximum Gasteiger partial charge on any atom is 0.140 e. The van der Waals surface area contributed by atoms with Crippen LogP contribution in [0.4, 0.5) is 4.39 Å². The molecule has 0 aromatic carbocycles. The second kappa shape index (κ2) is 4.04. The smallest absolute Gasteiger partial charge is 0.140 e. The van der Waals surface area contributed by atoms with Gasteiger partial charge >= 0.3 is 0 Å². The largest absolute Gasteiger partial charge is 0.396 e. The Morgan fingerprint density at radius 3 is 2.50 bits per heavy atom. The summed E-state index contributed by atoms with van der Waals surface area (Å²) >= 11 is 0. The van der Waals surface area contributed by atoms with Crippen molar-refractivity contribution in [3.63, 3.8) is 0 Å². The molecule has 50 valence electrons. The maximum absolute atomic E-state index is 11.4. The van der Waals surface area contributed by atoms with Gasteiger partial charge in [-0.1, -0.05) is 6.92 Å². The van der Waals surface area contributed by atoms with Crippen molar-refractivity contribution in [2.75, 3.05) is 13.0 Å². The first-order valence-electron chi connectivity index (χ1n) is 2.42. The summed E-state index contributed by atoms with van der Waals surface area (Å²) in [6.07, 6.45) is -0.785. The van der Waals surface area contributed by atoms with Crippen molar-refractivity contribution >= 4 is 7.80 Å². The number of aliphatic hydroxyl groups excluding tert-OH is 1. The Morgan fingerprint density at radius 1 is 1.88 bits per heavy atom. The highest BCUT2D eigenvalue weighted by atomic mass is 31.1. The van der Waals surface area contributed by atoms with Gasteiger partial charge in [-0.25, -0.2) is 4.39 Å². The summed E-state index contributed by atoms with van der Waals surface area (Å²) < 4.78 is 21.8. The van der Waals surface area contributed by atoms with Gasteiger partial charge in [-0.15, -0.1) is 0 Å². The Balaban J connectivity index is 3.46. The van der Waals surface area contributed by atoms with Gasteiger partial charge in [-0.3, -0.25) is 0 Å². The van der Waals surface area contributed by atoms with E-state index in [4.69, 9.17) is 5.11 Å². The number of hydrogen-bond acceptors (Lipinski definition) is 2. The standard InChI is InChI=1S/C4H10FO2P/c1-4(2-6)8(7)3-5/h4,6,8H,2-3H2,1H3. The molecule has 0 aromatic heterocycles. The molecular formula is C4H10FO2P. The fraction of sp³-hybridized carbons (Fsp3) is 1.00. The topological polar surface area (TPSA) is 37.3 Å². The van der Waals surface area contributed by atoms with Gasteiger partial charge in [0, 0.05) is 5.66 Å². The summed E-state index contributed by atoms with van der Waals surface area (Å²) in [4.78, 5) is 0. The minimum Gasteiger partial charge on any atom is -0.396 e. The number of aliphatic hydroxyl groups is 1. The van der Waals surface area contributed by atoms with Crippen molar-refractivity contribution in [2.24, 2.45) is 0 Å². The lowest BCUT2D eigenvalue weighted by Crippen LogP contribution is -2.01. The zero-order valence-electron chi connectivity index (χ0n) is 4.72. The molecule has 2 nitrogen and oxygen atoms in total. The summed E-state index contributed by atoms with van der Waals surface area (Å²) in [6, 6.07) is 0. The van der Waals surface area contributed by atoms with Crippen molar-refractivity contribution in [1.82, 2.24) is 0 Å². The van der Waals surface area contributed by atoms with Crippen LogP contribution in [0.25, 0.3) is 0 Å². The Labute approximate surface area is 48.5 Å². The van der Waals surface area contributed by atoms with E-state index in [-0.39, 0.29) is 12.3 Å². The minimum atomic E-state index is -2.12. The number of hydrogen-bond donors (Lipinski definition) is 1. The van der Waals surface area contributed by atoms with Crippen molar-refractivity contribution in [3.8, 4) is 0 Å². The average molecular weight is 140 g/mol. The molecule has 2 atom stereocenters. The average Bonchev–Trinajstić information content (AvgIpc) is 1.84. The molecule has 8 heavy (non-hydrogen) atoms. The maximum atomic E-state index is 11.4. The molecule has 0 rings (SSSR count). The third-order valence-corrected chi connectivity index (χ3v) is 2.50. The first-order chi connectivity index (χ1) is 3.72. The summed E-state index contributed by atoms with van der Waals surface area (Å²) in [5, 5.41) is 8.30. The molecule has 2 unspecified atom stereocenters. The summed E-state index contributed by atoms with van der Waals surface area (Å²) in [5.74, 6) is 0. The van der Waals surface area contributed by atoms with Gasteiger partial charge in [0.15, 0.2) is 0 Å². The Kier molecular flexibility index (Phi) is 4.11. The van der Waals surface area contributed by atoms with E-state index in [9.17, 15) is 8.96 Å². The lowest BCUT2D eigenvalue weighted by Gasteiger charge is -2.01. The van der Waals surface area contributed by atoms with Gasteiger partial charge in [0.05, 0.1) is 6.61 Å². The van der Waals surface area contributed by atoms with E-state index in [0.717, 1.165) is 0 Å². The van der Waals surface area contributed by atoms with E-state index in [1.807, 2.05) is 0 Å². The Hall–Kier alpha value is 0.120. The van der Waals surface area contributed by atoms with E-state index in [0.29, 0.717) is 0 Å². The molecule has 0 spiro atoms. The molecule has 0 saturated heterocycles. The lowest BCUT2D eigenvalue weighted by atomic mass is 10.5. The third kappa shape index (κ3) is 2.43. The van der Waals surface area contributed by atoms with Crippen LogP contribution in [-0.4, -0.2) is 23.8 Å². The van der Waals surface area contributed by atoms with Crippen molar-refractivity contribution in [1.29, 1.82) is 0 Å². The van der Waals surface area contributed by atoms with Crippen LogP contribution >= 0.6 is 7.80 Å². The van der Waals surface area contributed by atoms with E-state index in [1.165, 1.54) is 0 Å². The molecule has 0 heterocycles. The van der Waals surface area contributed by atoms with Crippen LogP contribution in [-0.2, 0) is 4.57 Å². The SMILES string of the molecule is CC(CO)[PH](=O)CF. The molecule has 4 heteroatoms. The van der Waals surface area contributed by atoms with Gasteiger partial charge in [0.2, 0.25) is 0 Å². The predicted octanol–water partition coefficient (Wildman–Crippen LogP) is 0.854. The molecule has 0 aliphatic carbocycles. The molecule has 0 fully saturated rings. The van der Waals surface area contributed by atoms with Crippen LogP contribution in [0.15, 0.2) is 0 Å². The van der Waals surface area contributed by atoms with Crippen molar-refractivity contribution in [2.45, 2.75) is 12.6 Å². The molecule has 0 aliphatic rings. The highest BCUT2D eigenvalue weighted by molar-refractivity contribution is 7.45. The fourth-order valence-electron chi connectivity index (χ4n) is 0.234. The lowest BCUT2D eigenvalue weighted by molar-refractivity contribution is 0.295. The first-order valence-corrected chi connectivity index (χ1v) is 4.11. The van der Waals surface area contributed by atoms with Gasteiger partial charge in [0.1, 0.15) is 14.2 Å². The van der Waals surface area contributed by atoms with Crippen LogP contribution < -0.4 is 0 Å². The molecule has 0 amide bonds. The summed E-state index contributed by atoms with van der Waals surface area (Å²) in [5.41, 5.74) is -0.356. The predicted molar refractivity (Wildman–Crippen MR) is 31.5 cm³/mol. The zero-order chi connectivity index (χ0) is 6.57. The van der Waals surface area contributed by atoms with Crippen LogP contribution in [0.1, 0.15) is 6.92 Å². The highest BCUT2D eigenvalue weighted by Gasteiger charge is 2.07. The normalized spacial score (nSPS) is 17.9. The van der Waals surface area contributed by atoms with Gasteiger partial charge in [-0.05, 0) is 0 Å². The van der Waals surface area contributed by atoms with E-state index < -0.39 is 14.2 Å². The number of halogens is 1. The number of rotatable bonds is 3. The zero-order valence-corrected chi connectivity index (χ0v) is 5.72. The highest BCUT2D eigenvalue weighted by Crippen LogP contribution is 2.26. The van der Waals surface area contributed by atoms with E-state index in [1.54, 1.807) is 6.92 Å². The second-order valence-corrected chi connectivity index (χ2v) is 3.87. The third-order valence-electron chi connectivity index (χ3n) is 0.955. The van der Waals surface area contributed by atoms with Crippen LogP contribution in [0, 0.1) is 0 Å². The van der Waals surface area contributed by atoms with Crippen LogP contribution in [0.2, 0.25) is 0 Å². The van der Waals surface area contributed by atoms with Crippen molar-refractivity contribution in [3.05, 3.63) is 0 Å².